The standard InChI is InChI=1S/C11H18.C10H16O.CH4/c1-6-8-10(3)9-11(4,5)7-2;1-5-7-9(11)8-10(3,4)6-2;/h1,7,10H,2,8-9H2,3-5H3;1,6,9,11H,2,7-8H2,3-4H3;1H4/t10-;9-;/m11./s1. The molecule has 0 aliphatic carbocycles. The average molecular weight is 319 g/mol. The van der Waals surface area contributed by atoms with Gasteiger partial charge in [-0.15, -0.1) is 37.8 Å². The van der Waals surface area contributed by atoms with Crippen molar-refractivity contribution in [2.75, 3.05) is 0 Å². The van der Waals surface area contributed by atoms with Gasteiger partial charge in [-0.25, -0.2) is 0 Å². The van der Waals surface area contributed by atoms with Crippen molar-refractivity contribution >= 4 is 0 Å². The molecule has 0 aromatic carbocycles. The molecule has 2 atom stereocenters. The van der Waals surface area contributed by atoms with Crippen molar-refractivity contribution in [2.24, 2.45) is 16.7 Å². The molecule has 0 aromatic rings. The predicted molar refractivity (Wildman–Crippen MR) is 106 cm³/mol. The zero-order valence-corrected chi connectivity index (χ0v) is 15.2. The van der Waals surface area contributed by atoms with E-state index in [1.807, 2.05) is 26.0 Å². The van der Waals surface area contributed by atoms with Gasteiger partial charge in [0.15, 0.2) is 0 Å². The van der Waals surface area contributed by atoms with Crippen LogP contribution in [-0.4, -0.2) is 11.2 Å². The van der Waals surface area contributed by atoms with E-state index in [1.54, 1.807) is 0 Å². The fourth-order valence-corrected chi connectivity index (χ4v) is 2.15. The number of aliphatic hydroxyl groups is 1. The Morgan fingerprint density at radius 1 is 0.957 bits per heavy atom. The Kier molecular flexibility index (Phi) is 15.0. The highest BCUT2D eigenvalue weighted by Gasteiger charge is 2.17. The van der Waals surface area contributed by atoms with E-state index in [4.69, 9.17) is 12.8 Å². The summed E-state index contributed by atoms with van der Waals surface area (Å²) in [5, 5.41) is 9.33. The van der Waals surface area contributed by atoms with Crippen LogP contribution in [0.25, 0.3) is 0 Å². The number of hydrogen-bond donors (Lipinski definition) is 1. The van der Waals surface area contributed by atoms with Gasteiger partial charge in [0.2, 0.25) is 0 Å². The minimum Gasteiger partial charge on any atom is -0.392 e. The highest BCUT2D eigenvalue weighted by molar-refractivity contribution is 4.94. The molecular formula is C22H38O. The highest BCUT2D eigenvalue weighted by atomic mass is 16.3. The molecule has 0 aromatic heterocycles. The lowest BCUT2D eigenvalue weighted by atomic mass is 9.82. The fourth-order valence-electron chi connectivity index (χ4n) is 2.15. The van der Waals surface area contributed by atoms with E-state index in [1.165, 1.54) is 0 Å². The average Bonchev–Trinajstić information content (AvgIpc) is 2.39. The van der Waals surface area contributed by atoms with Gasteiger partial charge in [0, 0.05) is 12.8 Å². The van der Waals surface area contributed by atoms with E-state index in [0.717, 1.165) is 12.8 Å². The van der Waals surface area contributed by atoms with Crippen molar-refractivity contribution in [3.05, 3.63) is 25.3 Å². The molecule has 1 nitrogen and oxygen atoms in total. The van der Waals surface area contributed by atoms with Gasteiger partial charge in [0.25, 0.3) is 0 Å². The van der Waals surface area contributed by atoms with Crippen molar-refractivity contribution in [1.82, 2.24) is 0 Å². The monoisotopic (exact) mass is 318 g/mol. The molecule has 0 spiro atoms. The molecule has 0 unspecified atom stereocenters. The Labute approximate surface area is 146 Å². The maximum Gasteiger partial charge on any atom is 0.0657 e. The largest absolute Gasteiger partial charge is 0.392 e. The van der Waals surface area contributed by atoms with Crippen molar-refractivity contribution < 1.29 is 5.11 Å². The fraction of sp³-hybridized carbons (Fsp3) is 0.636. The van der Waals surface area contributed by atoms with Crippen LogP contribution in [0.1, 0.15) is 67.7 Å². The first kappa shape index (κ1) is 26.5. The Bertz CT molecular complexity index is 361. The summed E-state index contributed by atoms with van der Waals surface area (Å²) in [7, 11) is 0. The summed E-state index contributed by atoms with van der Waals surface area (Å²) in [6.45, 7) is 18.1. The predicted octanol–water partition coefficient (Wildman–Crippen LogP) is 5.86. The zero-order valence-electron chi connectivity index (χ0n) is 15.2. The Morgan fingerprint density at radius 2 is 1.35 bits per heavy atom. The van der Waals surface area contributed by atoms with Crippen LogP contribution in [-0.2, 0) is 0 Å². The van der Waals surface area contributed by atoms with E-state index in [2.05, 4.69) is 45.8 Å². The van der Waals surface area contributed by atoms with E-state index in [9.17, 15) is 5.11 Å². The second-order valence-electron chi connectivity index (χ2n) is 7.37. The van der Waals surface area contributed by atoms with E-state index >= 15 is 0 Å². The molecule has 0 bridgehead atoms. The summed E-state index contributed by atoms with van der Waals surface area (Å²) >= 11 is 0. The quantitative estimate of drug-likeness (QED) is 0.439. The normalized spacial score (nSPS) is 13.0. The third-order valence-corrected chi connectivity index (χ3v) is 3.56. The van der Waals surface area contributed by atoms with Gasteiger partial charge in [0.1, 0.15) is 0 Å². The summed E-state index contributed by atoms with van der Waals surface area (Å²) in [4.78, 5) is 0. The smallest absolute Gasteiger partial charge is 0.0657 e. The van der Waals surface area contributed by atoms with Gasteiger partial charge in [-0.2, -0.15) is 0 Å². The SMILES string of the molecule is C.C#CC[C@@H](C)CC(C)(C)C=C.C#CC[C@@H](O)CC(C)(C)C=C. The molecule has 0 aliphatic heterocycles. The van der Waals surface area contributed by atoms with Crippen LogP contribution in [0.5, 0.6) is 0 Å². The van der Waals surface area contributed by atoms with Gasteiger partial charge in [0.05, 0.1) is 6.10 Å². The van der Waals surface area contributed by atoms with E-state index in [-0.39, 0.29) is 18.3 Å². The van der Waals surface area contributed by atoms with Crippen molar-refractivity contribution in [3.8, 4) is 24.7 Å². The number of allylic oxidation sites excluding steroid dienone is 2. The summed E-state index contributed by atoms with van der Waals surface area (Å²) in [6, 6.07) is 0. The van der Waals surface area contributed by atoms with Crippen molar-refractivity contribution in [3.63, 3.8) is 0 Å². The molecule has 132 valence electrons. The Morgan fingerprint density at radius 3 is 1.70 bits per heavy atom. The lowest BCUT2D eigenvalue weighted by molar-refractivity contribution is 0.136. The van der Waals surface area contributed by atoms with E-state index in [0.29, 0.717) is 18.8 Å². The van der Waals surface area contributed by atoms with Crippen LogP contribution >= 0.6 is 0 Å². The lowest BCUT2D eigenvalue weighted by Crippen LogP contribution is -2.17. The van der Waals surface area contributed by atoms with Gasteiger partial charge in [-0.3, -0.25) is 0 Å². The first-order chi connectivity index (χ1) is 10.0. The molecule has 23 heavy (non-hydrogen) atoms. The summed E-state index contributed by atoms with van der Waals surface area (Å²) in [5.74, 6) is 5.71. The second kappa shape index (κ2) is 13.0. The molecule has 0 fully saturated rings. The van der Waals surface area contributed by atoms with Crippen LogP contribution in [0.3, 0.4) is 0 Å². The van der Waals surface area contributed by atoms with Crippen LogP contribution < -0.4 is 0 Å². The van der Waals surface area contributed by atoms with Crippen LogP contribution in [0.2, 0.25) is 0 Å². The van der Waals surface area contributed by atoms with Gasteiger partial charge >= 0.3 is 0 Å². The maximum atomic E-state index is 9.33. The minimum atomic E-state index is -0.395. The Balaban J connectivity index is -0.000000333. The third kappa shape index (κ3) is 16.8. The van der Waals surface area contributed by atoms with Gasteiger partial charge < -0.3 is 5.11 Å². The minimum absolute atomic E-state index is 0. The van der Waals surface area contributed by atoms with Crippen molar-refractivity contribution in [2.45, 2.75) is 73.8 Å². The summed E-state index contributed by atoms with van der Waals surface area (Å²) < 4.78 is 0. The molecule has 0 radical (unpaired) electrons. The number of hydrogen-bond acceptors (Lipinski definition) is 1. The summed E-state index contributed by atoms with van der Waals surface area (Å²) in [6.07, 6.45) is 16.8. The van der Waals surface area contributed by atoms with Gasteiger partial charge in [-0.1, -0.05) is 54.2 Å². The maximum absolute atomic E-state index is 9.33. The second-order valence-corrected chi connectivity index (χ2v) is 7.37. The Hall–Kier alpha value is -1.44. The molecular weight excluding hydrogens is 280 g/mol. The topological polar surface area (TPSA) is 20.2 Å². The molecule has 0 saturated heterocycles. The number of rotatable bonds is 8. The first-order valence-corrected chi connectivity index (χ1v) is 7.85. The zero-order chi connectivity index (χ0) is 17.8. The molecule has 0 heterocycles. The van der Waals surface area contributed by atoms with Gasteiger partial charge in [-0.05, 0) is 29.6 Å². The third-order valence-electron chi connectivity index (χ3n) is 3.56. The van der Waals surface area contributed by atoms with Crippen LogP contribution in [0.4, 0.5) is 0 Å². The molecule has 0 rings (SSSR count). The first-order valence-electron chi connectivity index (χ1n) is 7.85. The molecule has 0 amide bonds. The molecule has 0 saturated carbocycles. The number of aliphatic hydroxyl groups excluding tert-OH is 1. The number of terminal acetylenes is 2. The lowest BCUT2D eigenvalue weighted by Gasteiger charge is -2.22. The summed E-state index contributed by atoms with van der Waals surface area (Å²) in [5.41, 5.74) is 0.215. The highest BCUT2D eigenvalue weighted by Crippen LogP contribution is 2.27. The molecule has 0 aliphatic rings. The van der Waals surface area contributed by atoms with Crippen LogP contribution in [0, 0.1) is 41.4 Å². The van der Waals surface area contributed by atoms with Crippen molar-refractivity contribution in [1.29, 1.82) is 0 Å². The van der Waals surface area contributed by atoms with E-state index < -0.39 is 6.10 Å². The van der Waals surface area contributed by atoms with Crippen LogP contribution in [0.15, 0.2) is 25.3 Å². The molecule has 1 heteroatoms. The molecule has 1 N–H and O–H groups in total.